The summed E-state index contributed by atoms with van der Waals surface area (Å²) in [6.45, 7) is 0.535. The Morgan fingerprint density at radius 2 is 1.92 bits per heavy atom. The molecule has 0 aliphatic rings. The van der Waals surface area contributed by atoms with Gasteiger partial charge in [0.2, 0.25) is 0 Å². The van der Waals surface area contributed by atoms with Crippen molar-refractivity contribution in [1.82, 2.24) is 15.3 Å². The van der Waals surface area contributed by atoms with Gasteiger partial charge in [0.15, 0.2) is 0 Å². The minimum atomic E-state index is -0.201. The van der Waals surface area contributed by atoms with E-state index in [9.17, 15) is 4.79 Å². The van der Waals surface area contributed by atoms with Gasteiger partial charge in [-0.25, -0.2) is 4.98 Å². The molecule has 0 bridgehead atoms. The van der Waals surface area contributed by atoms with E-state index in [4.69, 9.17) is 4.74 Å². The van der Waals surface area contributed by atoms with Gasteiger partial charge in [-0.2, -0.15) is 0 Å². The molecule has 0 atom stereocenters. The van der Waals surface area contributed by atoms with Crippen LogP contribution in [0, 0.1) is 0 Å². The van der Waals surface area contributed by atoms with E-state index >= 15 is 0 Å². The van der Waals surface area contributed by atoms with Crippen molar-refractivity contribution in [1.29, 1.82) is 0 Å². The van der Waals surface area contributed by atoms with Crippen molar-refractivity contribution in [3.8, 4) is 5.75 Å². The Kier molecular flexibility index (Phi) is 5.77. The highest BCUT2D eigenvalue weighted by Crippen LogP contribution is 2.13. The first-order valence-electron chi connectivity index (χ1n) is 8.30. The number of rotatable bonds is 7. The van der Waals surface area contributed by atoms with Crippen LogP contribution < -0.4 is 15.4 Å². The maximum Gasteiger partial charge on any atom is 0.269 e. The molecule has 0 aliphatic carbocycles. The molecule has 3 rings (SSSR count). The molecule has 26 heavy (non-hydrogen) atoms. The van der Waals surface area contributed by atoms with Crippen LogP contribution in [0.15, 0.2) is 67.0 Å². The average Bonchev–Trinajstić information content (AvgIpc) is 2.69. The fourth-order valence-electron chi connectivity index (χ4n) is 2.42. The number of amides is 1. The second kappa shape index (κ2) is 8.62. The highest BCUT2D eigenvalue weighted by atomic mass is 16.5. The van der Waals surface area contributed by atoms with Gasteiger partial charge in [-0.05, 0) is 48.4 Å². The summed E-state index contributed by atoms with van der Waals surface area (Å²) in [6.07, 6.45) is 4.14. The molecule has 1 amide bonds. The summed E-state index contributed by atoms with van der Waals surface area (Å²) >= 11 is 0. The second-order valence-electron chi connectivity index (χ2n) is 5.63. The Balaban J connectivity index is 1.55. The quantitative estimate of drug-likeness (QED) is 0.686. The molecule has 0 aliphatic heterocycles. The van der Waals surface area contributed by atoms with Crippen LogP contribution in [-0.2, 0) is 6.42 Å². The van der Waals surface area contributed by atoms with Crippen molar-refractivity contribution < 1.29 is 9.53 Å². The number of anilines is 2. The number of aromatic nitrogens is 2. The van der Waals surface area contributed by atoms with E-state index in [1.54, 1.807) is 37.7 Å². The maximum absolute atomic E-state index is 12.3. The van der Waals surface area contributed by atoms with Gasteiger partial charge >= 0.3 is 0 Å². The molecule has 0 unspecified atom stereocenters. The third-order valence-corrected chi connectivity index (χ3v) is 3.77. The van der Waals surface area contributed by atoms with E-state index in [1.165, 1.54) is 0 Å². The third kappa shape index (κ3) is 4.80. The van der Waals surface area contributed by atoms with Gasteiger partial charge in [-0.3, -0.25) is 9.78 Å². The highest BCUT2D eigenvalue weighted by Gasteiger charge is 2.08. The Morgan fingerprint density at radius 3 is 2.65 bits per heavy atom. The summed E-state index contributed by atoms with van der Waals surface area (Å²) in [5.41, 5.74) is 2.32. The predicted molar refractivity (Wildman–Crippen MR) is 101 cm³/mol. The molecule has 6 heteroatoms. The van der Waals surface area contributed by atoms with Gasteiger partial charge in [-0.15, -0.1) is 0 Å². The topological polar surface area (TPSA) is 76.1 Å². The fourth-order valence-corrected chi connectivity index (χ4v) is 2.42. The number of hydrogen-bond acceptors (Lipinski definition) is 5. The van der Waals surface area contributed by atoms with Crippen molar-refractivity contribution >= 4 is 17.4 Å². The van der Waals surface area contributed by atoms with E-state index in [1.807, 2.05) is 36.4 Å². The van der Waals surface area contributed by atoms with Crippen LogP contribution in [0.1, 0.15) is 16.1 Å². The zero-order valence-corrected chi connectivity index (χ0v) is 14.5. The van der Waals surface area contributed by atoms with E-state index < -0.39 is 0 Å². The van der Waals surface area contributed by atoms with Crippen molar-refractivity contribution in [3.05, 3.63) is 78.2 Å². The molecule has 2 N–H and O–H groups in total. The minimum absolute atomic E-state index is 0.201. The lowest BCUT2D eigenvalue weighted by Gasteiger charge is -2.08. The van der Waals surface area contributed by atoms with Crippen molar-refractivity contribution in [2.24, 2.45) is 0 Å². The van der Waals surface area contributed by atoms with E-state index in [0.29, 0.717) is 18.1 Å². The Hall–Kier alpha value is -3.41. The summed E-state index contributed by atoms with van der Waals surface area (Å²) in [5.74, 6) is 1.22. The van der Waals surface area contributed by atoms with Crippen LogP contribution in [0.2, 0.25) is 0 Å². The number of nitrogens with one attached hydrogen (secondary N) is 2. The van der Waals surface area contributed by atoms with Crippen LogP contribution in [0.5, 0.6) is 5.75 Å². The molecule has 2 heterocycles. The summed E-state index contributed by atoms with van der Waals surface area (Å²) in [5, 5.41) is 6.02. The van der Waals surface area contributed by atoms with Gasteiger partial charge in [0.05, 0.1) is 19.0 Å². The SMILES string of the molecule is COc1ccc(CCNC(=O)c2cccc(Nc3cccnc3)n2)cc1. The van der Waals surface area contributed by atoms with Crippen LogP contribution in [-0.4, -0.2) is 29.5 Å². The fraction of sp³-hybridized carbons (Fsp3) is 0.150. The Labute approximate surface area is 152 Å². The smallest absolute Gasteiger partial charge is 0.269 e. The number of carbonyl (C=O) groups is 1. The monoisotopic (exact) mass is 348 g/mol. The van der Waals surface area contributed by atoms with Crippen LogP contribution in [0.4, 0.5) is 11.5 Å². The van der Waals surface area contributed by atoms with Crippen molar-refractivity contribution in [2.75, 3.05) is 19.0 Å². The molecule has 0 radical (unpaired) electrons. The Morgan fingerprint density at radius 1 is 1.08 bits per heavy atom. The molecule has 2 aromatic heterocycles. The van der Waals surface area contributed by atoms with Crippen molar-refractivity contribution in [2.45, 2.75) is 6.42 Å². The second-order valence-corrected chi connectivity index (χ2v) is 5.63. The lowest BCUT2D eigenvalue weighted by molar-refractivity contribution is 0.0949. The molecule has 1 aromatic carbocycles. The molecule has 6 nitrogen and oxygen atoms in total. The molecule has 0 spiro atoms. The zero-order valence-electron chi connectivity index (χ0n) is 14.5. The van der Waals surface area contributed by atoms with Crippen molar-refractivity contribution in [3.63, 3.8) is 0 Å². The molecule has 0 saturated carbocycles. The Bertz CT molecular complexity index is 851. The van der Waals surface area contributed by atoms with Gasteiger partial charge in [-0.1, -0.05) is 18.2 Å². The predicted octanol–water partition coefficient (Wildman–Crippen LogP) is 3.20. The number of ether oxygens (including phenoxy) is 1. The molecule has 0 fully saturated rings. The molecular formula is C20H20N4O2. The summed E-state index contributed by atoms with van der Waals surface area (Å²) in [7, 11) is 1.64. The van der Waals surface area contributed by atoms with Crippen LogP contribution >= 0.6 is 0 Å². The number of hydrogen-bond donors (Lipinski definition) is 2. The number of pyridine rings is 2. The van der Waals surface area contributed by atoms with Gasteiger partial charge in [0, 0.05) is 12.7 Å². The largest absolute Gasteiger partial charge is 0.497 e. The average molecular weight is 348 g/mol. The summed E-state index contributed by atoms with van der Waals surface area (Å²) in [4.78, 5) is 20.7. The summed E-state index contributed by atoms with van der Waals surface area (Å²) in [6, 6.07) is 16.8. The molecule has 0 saturated heterocycles. The minimum Gasteiger partial charge on any atom is -0.497 e. The van der Waals surface area contributed by atoms with E-state index in [2.05, 4.69) is 20.6 Å². The molecule has 132 valence electrons. The van der Waals surface area contributed by atoms with Crippen LogP contribution in [0.3, 0.4) is 0 Å². The maximum atomic E-state index is 12.3. The van der Waals surface area contributed by atoms with Gasteiger partial charge in [0.1, 0.15) is 17.3 Å². The van der Waals surface area contributed by atoms with E-state index in [0.717, 1.165) is 23.4 Å². The van der Waals surface area contributed by atoms with Crippen LogP contribution in [0.25, 0.3) is 0 Å². The first kappa shape index (κ1) is 17.4. The highest BCUT2D eigenvalue weighted by molar-refractivity contribution is 5.92. The number of carbonyl (C=O) groups excluding carboxylic acids is 1. The third-order valence-electron chi connectivity index (χ3n) is 3.77. The van der Waals surface area contributed by atoms with Gasteiger partial charge in [0.25, 0.3) is 5.91 Å². The zero-order chi connectivity index (χ0) is 18.2. The lowest BCUT2D eigenvalue weighted by atomic mass is 10.1. The number of methoxy groups -OCH3 is 1. The lowest BCUT2D eigenvalue weighted by Crippen LogP contribution is -2.26. The van der Waals surface area contributed by atoms with E-state index in [-0.39, 0.29) is 5.91 Å². The summed E-state index contributed by atoms with van der Waals surface area (Å²) < 4.78 is 5.14. The standard InChI is InChI=1S/C20H20N4O2/c1-26-17-9-7-15(8-10-17)11-13-22-20(25)18-5-2-6-19(24-18)23-16-4-3-12-21-14-16/h2-10,12,14H,11,13H2,1H3,(H,22,25)(H,23,24). The molecule has 3 aromatic rings. The number of benzene rings is 1. The molecular weight excluding hydrogens is 328 g/mol. The first-order valence-corrected chi connectivity index (χ1v) is 8.30. The normalized spacial score (nSPS) is 10.2. The first-order chi connectivity index (χ1) is 12.7. The van der Waals surface area contributed by atoms with Gasteiger partial charge < -0.3 is 15.4 Å². The number of nitrogens with zero attached hydrogens (tertiary/aromatic N) is 2.